The van der Waals surface area contributed by atoms with Gasteiger partial charge < -0.3 is 19.7 Å². The maximum Gasteiger partial charge on any atom is 0.408 e. The lowest BCUT2D eigenvalue weighted by Crippen LogP contribution is -2.49. The van der Waals surface area contributed by atoms with Crippen LogP contribution in [-0.4, -0.2) is 41.7 Å². The molecule has 0 unspecified atom stereocenters. The second kappa shape index (κ2) is 11.5. The van der Waals surface area contributed by atoms with Crippen molar-refractivity contribution in [3.8, 4) is 22.8 Å². The third kappa shape index (κ3) is 6.42. The fraction of sp³-hybridized carbons (Fsp3) is 0.321. The monoisotopic (exact) mass is 526 g/mol. The summed E-state index contributed by atoms with van der Waals surface area (Å²) < 4.78 is 53.0. The van der Waals surface area contributed by atoms with Gasteiger partial charge in [-0.1, -0.05) is 18.7 Å². The molecule has 1 aliphatic rings. The largest absolute Gasteiger partial charge is 0.497 e. The number of aromatic nitrogens is 2. The molecule has 1 aliphatic heterocycles. The maximum absolute atomic E-state index is 13.9. The van der Waals surface area contributed by atoms with E-state index in [4.69, 9.17) is 9.47 Å². The molecule has 38 heavy (non-hydrogen) atoms. The van der Waals surface area contributed by atoms with Crippen LogP contribution in [0.25, 0.3) is 11.1 Å². The van der Waals surface area contributed by atoms with Crippen LogP contribution in [-0.2, 0) is 11.4 Å². The van der Waals surface area contributed by atoms with Crippen LogP contribution in [0, 0.1) is 6.92 Å². The molecule has 1 fully saturated rings. The molecule has 1 atom stereocenters. The predicted molar refractivity (Wildman–Crippen MR) is 139 cm³/mol. The second-order valence-corrected chi connectivity index (χ2v) is 9.01. The standard InChI is InChI=1S/C28H29F3N4O3/c1-4-26(36)33-24-15-22(18(2)16-32-24)20-13-25(35-12-6-5-7-23(35)28(29,30)31)34-27(14-20)38-17-19-8-10-21(37-3)11-9-19/h4,8-11,13-16,23H,1,5-7,12,17H2,2-3H3,(H,32,33,36)/t23-/m1/s1. The Bertz CT molecular complexity index is 1300. The van der Waals surface area contributed by atoms with Crippen LogP contribution in [0.2, 0.25) is 0 Å². The van der Waals surface area contributed by atoms with Gasteiger partial charge in [0.05, 0.1) is 7.11 Å². The van der Waals surface area contributed by atoms with Gasteiger partial charge in [0, 0.05) is 18.8 Å². The van der Waals surface area contributed by atoms with Crippen molar-refractivity contribution < 1.29 is 27.4 Å². The molecule has 0 radical (unpaired) electrons. The van der Waals surface area contributed by atoms with Crippen molar-refractivity contribution in [2.24, 2.45) is 0 Å². The first-order valence-corrected chi connectivity index (χ1v) is 12.2. The predicted octanol–water partition coefficient (Wildman–Crippen LogP) is 6.09. The molecule has 3 heterocycles. The Labute approximate surface area is 219 Å². The van der Waals surface area contributed by atoms with Crippen LogP contribution in [0.3, 0.4) is 0 Å². The minimum Gasteiger partial charge on any atom is -0.497 e. The van der Waals surface area contributed by atoms with Gasteiger partial charge in [0.25, 0.3) is 0 Å². The zero-order chi connectivity index (χ0) is 27.3. The van der Waals surface area contributed by atoms with Crippen LogP contribution in [0.1, 0.15) is 30.4 Å². The highest BCUT2D eigenvalue weighted by Gasteiger charge is 2.45. The van der Waals surface area contributed by atoms with E-state index >= 15 is 0 Å². The van der Waals surface area contributed by atoms with Gasteiger partial charge in [0.15, 0.2) is 0 Å². The first-order chi connectivity index (χ1) is 18.2. The Kier molecular flexibility index (Phi) is 8.19. The number of carbonyl (C=O) groups excluding carboxylic acids is 1. The number of halogens is 3. The molecule has 2 aromatic heterocycles. The van der Waals surface area contributed by atoms with Gasteiger partial charge in [-0.25, -0.2) is 4.98 Å². The Balaban J connectivity index is 1.74. The zero-order valence-electron chi connectivity index (χ0n) is 21.2. The van der Waals surface area contributed by atoms with Gasteiger partial charge in [-0.15, -0.1) is 0 Å². The van der Waals surface area contributed by atoms with Crippen LogP contribution >= 0.6 is 0 Å². The number of rotatable bonds is 8. The highest BCUT2D eigenvalue weighted by atomic mass is 19.4. The fourth-order valence-electron chi connectivity index (χ4n) is 4.37. The van der Waals surface area contributed by atoms with Crippen molar-refractivity contribution in [2.75, 3.05) is 23.9 Å². The third-order valence-electron chi connectivity index (χ3n) is 6.36. The fourth-order valence-corrected chi connectivity index (χ4v) is 4.37. The molecule has 1 aromatic carbocycles. The summed E-state index contributed by atoms with van der Waals surface area (Å²) in [5.74, 6) is 0.940. The van der Waals surface area contributed by atoms with Crippen molar-refractivity contribution in [1.29, 1.82) is 0 Å². The van der Waals surface area contributed by atoms with E-state index in [-0.39, 0.29) is 31.3 Å². The van der Waals surface area contributed by atoms with Crippen molar-refractivity contribution in [3.63, 3.8) is 0 Å². The first kappa shape index (κ1) is 27.0. The molecule has 1 N–H and O–H groups in total. The number of ether oxygens (including phenoxy) is 2. The molecule has 0 saturated carbocycles. The van der Waals surface area contributed by atoms with E-state index in [1.165, 1.54) is 4.90 Å². The SMILES string of the molecule is C=CC(=O)Nc1cc(-c2cc(OCc3ccc(OC)cc3)nc(N3CCCC[C@@H]3C(F)(F)F)c2)c(C)cn1. The lowest BCUT2D eigenvalue weighted by Gasteiger charge is -2.37. The van der Waals surface area contributed by atoms with E-state index in [2.05, 4.69) is 21.9 Å². The number of piperidine rings is 1. The summed E-state index contributed by atoms with van der Waals surface area (Å²) in [6.45, 7) is 5.67. The van der Waals surface area contributed by atoms with E-state index in [1.807, 2.05) is 19.1 Å². The summed E-state index contributed by atoms with van der Waals surface area (Å²) in [6.07, 6.45) is -0.542. The van der Waals surface area contributed by atoms with Crippen molar-refractivity contribution >= 4 is 17.5 Å². The minimum atomic E-state index is -4.39. The number of benzene rings is 1. The molecule has 7 nitrogen and oxygen atoms in total. The lowest BCUT2D eigenvalue weighted by atomic mass is 10.00. The molecule has 200 valence electrons. The molecule has 0 spiro atoms. The molecule has 4 rings (SSSR count). The number of anilines is 2. The van der Waals surface area contributed by atoms with Gasteiger partial charge in [-0.3, -0.25) is 4.79 Å². The normalized spacial score (nSPS) is 15.6. The van der Waals surface area contributed by atoms with E-state index in [0.717, 1.165) is 17.2 Å². The quantitative estimate of drug-likeness (QED) is 0.358. The Morgan fingerprint density at radius 1 is 1.21 bits per heavy atom. The average molecular weight is 527 g/mol. The summed E-state index contributed by atoms with van der Waals surface area (Å²) in [5, 5.41) is 2.62. The maximum atomic E-state index is 13.9. The number of nitrogens with zero attached hydrogens (tertiary/aromatic N) is 3. The lowest BCUT2D eigenvalue weighted by molar-refractivity contribution is -0.152. The van der Waals surface area contributed by atoms with Crippen LogP contribution in [0.4, 0.5) is 24.8 Å². The van der Waals surface area contributed by atoms with E-state index < -0.39 is 18.1 Å². The molecule has 1 saturated heterocycles. The summed E-state index contributed by atoms with van der Waals surface area (Å²) in [7, 11) is 1.58. The average Bonchev–Trinajstić information content (AvgIpc) is 2.92. The summed E-state index contributed by atoms with van der Waals surface area (Å²) in [6, 6.07) is 10.6. The van der Waals surface area contributed by atoms with Gasteiger partial charge in [-0.05, 0) is 78.8 Å². The van der Waals surface area contributed by atoms with Crippen LogP contribution < -0.4 is 19.7 Å². The number of hydrogen-bond acceptors (Lipinski definition) is 6. The minimum absolute atomic E-state index is 0.00344. The van der Waals surface area contributed by atoms with Gasteiger partial charge in [0.2, 0.25) is 11.8 Å². The van der Waals surface area contributed by atoms with Crippen molar-refractivity contribution in [1.82, 2.24) is 9.97 Å². The molecular weight excluding hydrogens is 497 g/mol. The van der Waals surface area contributed by atoms with Crippen LogP contribution in [0.5, 0.6) is 11.6 Å². The highest BCUT2D eigenvalue weighted by Crippen LogP contribution is 2.37. The molecule has 0 bridgehead atoms. The number of amides is 1. The zero-order valence-corrected chi connectivity index (χ0v) is 21.2. The molecule has 3 aromatic rings. The summed E-state index contributed by atoms with van der Waals surface area (Å²) >= 11 is 0. The number of pyridine rings is 2. The Hall–Kier alpha value is -4.08. The molecule has 1 amide bonds. The Morgan fingerprint density at radius 2 is 1.97 bits per heavy atom. The van der Waals surface area contributed by atoms with E-state index in [0.29, 0.717) is 35.5 Å². The smallest absolute Gasteiger partial charge is 0.408 e. The summed E-state index contributed by atoms with van der Waals surface area (Å²) in [4.78, 5) is 21.8. The van der Waals surface area contributed by atoms with Gasteiger partial charge >= 0.3 is 6.18 Å². The Morgan fingerprint density at radius 3 is 2.66 bits per heavy atom. The first-order valence-electron chi connectivity index (χ1n) is 12.2. The third-order valence-corrected chi connectivity index (χ3v) is 6.36. The second-order valence-electron chi connectivity index (χ2n) is 9.01. The molecule has 0 aliphatic carbocycles. The van der Waals surface area contributed by atoms with Crippen molar-refractivity contribution in [2.45, 2.75) is 45.0 Å². The topological polar surface area (TPSA) is 76.6 Å². The summed E-state index contributed by atoms with van der Waals surface area (Å²) in [5.41, 5.74) is 2.89. The molecular formula is C28H29F3N4O3. The number of methoxy groups -OCH3 is 1. The van der Waals surface area contributed by atoms with E-state index in [9.17, 15) is 18.0 Å². The van der Waals surface area contributed by atoms with Crippen LogP contribution in [0.15, 0.2) is 61.3 Å². The molecule has 10 heteroatoms. The number of carbonyl (C=O) groups is 1. The van der Waals surface area contributed by atoms with Crippen molar-refractivity contribution in [3.05, 3.63) is 72.4 Å². The number of nitrogens with one attached hydrogen (secondary N) is 1. The van der Waals surface area contributed by atoms with Gasteiger partial charge in [-0.2, -0.15) is 18.2 Å². The number of hydrogen-bond donors (Lipinski definition) is 1. The number of alkyl halides is 3. The number of aryl methyl sites for hydroxylation is 1. The van der Waals surface area contributed by atoms with Gasteiger partial charge in [0.1, 0.15) is 30.0 Å². The highest BCUT2D eigenvalue weighted by molar-refractivity contribution is 5.98. The van der Waals surface area contributed by atoms with E-state index in [1.54, 1.807) is 43.6 Å².